The van der Waals surface area contributed by atoms with E-state index in [1.807, 2.05) is 13.8 Å². The van der Waals surface area contributed by atoms with Gasteiger partial charge in [-0.05, 0) is 26.7 Å². The summed E-state index contributed by atoms with van der Waals surface area (Å²) >= 11 is 0. The van der Waals surface area contributed by atoms with E-state index >= 15 is 0 Å². The van der Waals surface area contributed by atoms with Crippen LogP contribution in [-0.2, 0) is 19.1 Å². The van der Waals surface area contributed by atoms with Crippen molar-refractivity contribution in [2.45, 2.75) is 143 Å². The molecule has 6 heteroatoms. The van der Waals surface area contributed by atoms with Gasteiger partial charge in [0.25, 0.3) is 0 Å². The monoisotopic (exact) mass is 460 g/mol. The Morgan fingerprint density at radius 3 is 1.19 bits per heavy atom. The number of hydrogen-bond donors (Lipinski definition) is 0. The Labute approximate surface area is 198 Å². The summed E-state index contributed by atoms with van der Waals surface area (Å²) in [4.78, 5) is 21.8. The molecule has 0 radical (unpaired) electrons. The molecule has 0 aromatic rings. The molecule has 0 saturated heterocycles. The topological polar surface area (TPSA) is 57.0 Å². The molecule has 0 rings (SSSR count). The molecular weight excluding hydrogens is 406 g/mol. The molecule has 2 unspecified atom stereocenters. The lowest BCUT2D eigenvalue weighted by molar-refractivity contribution is -0.982. The van der Waals surface area contributed by atoms with Crippen molar-refractivity contribution in [2.75, 3.05) is 26.4 Å². The van der Waals surface area contributed by atoms with Crippen LogP contribution in [0, 0.1) is 4.91 Å². The number of nitrogens with zero attached hydrogens (tertiary/aromatic N) is 1. The van der Waals surface area contributed by atoms with Crippen molar-refractivity contribution in [1.29, 1.82) is 0 Å². The van der Waals surface area contributed by atoms with Crippen LogP contribution in [0.15, 0.2) is 0 Å². The van der Waals surface area contributed by atoms with Crippen LogP contribution in [0.2, 0.25) is 0 Å². The van der Waals surface area contributed by atoms with Gasteiger partial charge in [0.15, 0.2) is 13.2 Å². The Bertz CT molecular complexity index is 360. The Kier molecular flexibility index (Phi) is 24.1. The van der Waals surface area contributed by atoms with Gasteiger partial charge in [-0.2, -0.15) is 9.68 Å². The second-order valence-corrected chi connectivity index (χ2v) is 9.13. The van der Waals surface area contributed by atoms with Crippen LogP contribution >= 0.6 is 0 Å². The van der Waals surface area contributed by atoms with E-state index in [4.69, 9.17) is 19.1 Å². The summed E-state index contributed by atoms with van der Waals surface area (Å²) in [5, 5.41) is 0.187. The maximum atomic E-state index is 11.7. The lowest BCUT2D eigenvalue weighted by Gasteiger charge is -2.11. The zero-order valence-electron chi connectivity index (χ0n) is 21.8. The van der Waals surface area contributed by atoms with Crippen molar-refractivity contribution in [3.8, 4) is 0 Å². The van der Waals surface area contributed by atoms with Crippen LogP contribution in [0.4, 0.5) is 0 Å². The minimum absolute atomic E-state index is 0.129. The average molecular weight is 461 g/mol. The molecule has 0 aliphatic carbocycles. The fourth-order valence-electron chi connectivity index (χ4n) is 3.51. The molecule has 2 atom stereocenters. The van der Waals surface area contributed by atoms with Gasteiger partial charge in [0.1, 0.15) is 4.91 Å². The Balaban J connectivity index is 3.44. The second kappa shape index (κ2) is 24.8. The molecule has 192 valence electrons. The quantitative estimate of drug-likeness (QED) is 0.0976. The molecule has 0 amide bonds. The summed E-state index contributed by atoms with van der Waals surface area (Å²) < 4.78 is 11.4. The van der Waals surface area contributed by atoms with Gasteiger partial charge in [-0.3, -0.25) is 0 Å². The van der Waals surface area contributed by atoms with Gasteiger partial charge in [-0.25, -0.2) is 0 Å². The highest BCUT2D eigenvalue weighted by molar-refractivity contribution is 4.50. The molecule has 0 spiro atoms. The standard InChI is InChI=1S/C26H54NO5/c1-5-7-9-11-13-15-17-19-21-29-25(3)23-31-27(28)32-24-26(4)30-22-20-18-16-14-12-10-8-6-2/h25-26H,5-24H2,1-4H3/q+1. The smallest absolute Gasteiger partial charge is 0.375 e. The van der Waals surface area contributed by atoms with E-state index in [9.17, 15) is 4.91 Å². The summed E-state index contributed by atoms with van der Waals surface area (Å²) in [5.74, 6) is 0. The summed E-state index contributed by atoms with van der Waals surface area (Å²) in [7, 11) is 0. The lowest BCUT2D eigenvalue weighted by atomic mass is 10.1. The largest absolute Gasteiger partial charge is 0.477 e. The van der Waals surface area contributed by atoms with Crippen molar-refractivity contribution in [3.05, 3.63) is 4.91 Å². The summed E-state index contributed by atoms with van der Waals surface area (Å²) in [6.45, 7) is 10.1. The van der Waals surface area contributed by atoms with Crippen molar-refractivity contribution < 1.29 is 24.2 Å². The van der Waals surface area contributed by atoms with E-state index in [0.717, 1.165) is 12.8 Å². The van der Waals surface area contributed by atoms with Gasteiger partial charge in [0.05, 0.1) is 12.2 Å². The molecule has 0 aliphatic heterocycles. The zero-order valence-corrected chi connectivity index (χ0v) is 21.8. The molecule has 0 heterocycles. The second-order valence-electron chi connectivity index (χ2n) is 9.13. The lowest BCUT2D eigenvalue weighted by Crippen LogP contribution is -2.25. The Morgan fingerprint density at radius 1 is 0.531 bits per heavy atom. The van der Waals surface area contributed by atoms with Crippen LogP contribution in [0.3, 0.4) is 0 Å². The Morgan fingerprint density at radius 2 is 0.844 bits per heavy atom. The Hall–Kier alpha value is -0.880. The van der Waals surface area contributed by atoms with E-state index in [2.05, 4.69) is 13.8 Å². The average Bonchev–Trinajstić information content (AvgIpc) is 2.79. The first kappa shape index (κ1) is 31.1. The van der Waals surface area contributed by atoms with Gasteiger partial charge in [-0.15, -0.1) is 0 Å². The van der Waals surface area contributed by atoms with Gasteiger partial charge >= 0.3 is 5.09 Å². The van der Waals surface area contributed by atoms with Gasteiger partial charge < -0.3 is 9.47 Å². The first-order chi connectivity index (χ1) is 15.6. The third-order valence-electron chi connectivity index (χ3n) is 5.63. The van der Waals surface area contributed by atoms with E-state index in [0.29, 0.717) is 13.2 Å². The molecule has 0 N–H and O–H groups in total. The number of hydrogen-bond acceptors (Lipinski definition) is 5. The minimum Gasteiger partial charge on any atom is -0.375 e. The van der Waals surface area contributed by atoms with E-state index in [1.54, 1.807) is 0 Å². The maximum absolute atomic E-state index is 11.7. The highest BCUT2D eigenvalue weighted by atomic mass is 17.0. The molecule has 0 saturated carbocycles. The van der Waals surface area contributed by atoms with Crippen molar-refractivity contribution >= 4 is 0 Å². The first-order valence-corrected chi connectivity index (χ1v) is 13.6. The predicted molar refractivity (Wildman–Crippen MR) is 132 cm³/mol. The molecule has 32 heavy (non-hydrogen) atoms. The molecule has 0 bridgehead atoms. The van der Waals surface area contributed by atoms with Crippen LogP contribution in [-0.4, -0.2) is 43.7 Å². The van der Waals surface area contributed by atoms with E-state index in [1.165, 1.54) is 89.9 Å². The summed E-state index contributed by atoms with van der Waals surface area (Å²) in [6.07, 6.45) is 20.2. The van der Waals surface area contributed by atoms with Crippen molar-refractivity contribution in [1.82, 2.24) is 0 Å². The van der Waals surface area contributed by atoms with E-state index < -0.39 is 0 Å². The highest BCUT2D eigenvalue weighted by Gasteiger charge is 2.18. The molecular formula is C26H54NO5+. The van der Waals surface area contributed by atoms with Gasteiger partial charge in [0, 0.05) is 13.2 Å². The SMILES string of the molecule is CCCCCCCCCCOC(C)CO[N+](=O)OCC(C)OCCCCCCCCCC. The molecule has 0 aliphatic rings. The van der Waals surface area contributed by atoms with Gasteiger partial charge in [-0.1, -0.05) is 104 Å². The third-order valence-corrected chi connectivity index (χ3v) is 5.63. The summed E-state index contributed by atoms with van der Waals surface area (Å²) in [5.41, 5.74) is 0. The third kappa shape index (κ3) is 23.8. The first-order valence-electron chi connectivity index (χ1n) is 13.6. The van der Waals surface area contributed by atoms with Crippen molar-refractivity contribution in [3.63, 3.8) is 0 Å². The number of ether oxygens (including phenoxy) is 2. The van der Waals surface area contributed by atoms with Crippen LogP contribution in [0.1, 0.15) is 130 Å². The summed E-state index contributed by atoms with van der Waals surface area (Å²) in [6, 6.07) is 0. The molecule has 0 fully saturated rings. The van der Waals surface area contributed by atoms with Crippen molar-refractivity contribution in [2.24, 2.45) is 0 Å². The van der Waals surface area contributed by atoms with E-state index in [-0.39, 0.29) is 30.5 Å². The molecule has 0 aromatic carbocycles. The fraction of sp³-hybridized carbons (Fsp3) is 1.00. The van der Waals surface area contributed by atoms with Gasteiger partial charge in [0.2, 0.25) is 0 Å². The minimum atomic E-state index is -0.129. The molecule has 6 nitrogen and oxygen atoms in total. The maximum Gasteiger partial charge on any atom is 0.477 e. The predicted octanol–water partition coefficient (Wildman–Crippen LogP) is 7.72. The molecule has 0 aromatic heterocycles. The van der Waals surface area contributed by atoms with Crippen LogP contribution in [0.25, 0.3) is 0 Å². The number of unbranched alkanes of at least 4 members (excludes halogenated alkanes) is 14. The van der Waals surface area contributed by atoms with Crippen LogP contribution in [0.5, 0.6) is 0 Å². The number of rotatable bonds is 26. The fourth-order valence-corrected chi connectivity index (χ4v) is 3.51. The highest BCUT2D eigenvalue weighted by Crippen LogP contribution is 2.10. The normalized spacial score (nSPS) is 13.1. The zero-order chi connectivity index (χ0) is 23.7. The van der Waals surface area contributed by atoms with Crippen LogP contribution < -0.4 is 0 Å².